The van der Waals surface area contributed by atoms with Crippen molar-refractivity contribution in [1.82, 2.24) is 4.98 Å². The van der Waals surface area contributed by atoms with Gasteiger partial charge in [0.15, 0.2) is 0 Å². The first-order chi connectivity index (χ1) is 11.4. The molecule has 122 valence electrons. The summed E-state index contributed by atoms with van der Waals surface area (Å²) in [7, 11) is 0. The summed E-state index contributed by atoms with van der Waals surface area (Å²) in [4.78, 5) is 27.7. The molecule has 7 heteroatoms. The van der Waals surface area contributed by atoms with Crippen LogP contribution in [0.25, 0.3) is 11.0 Å². The van der Waals surface area contributed by atoms with E-state index in [4.69, 9.17) is 20.8 Å². The lowest BCUT2D eigenvalue weighted by molar-refractivity contribution is 0.0473. The molecule has 0 aliphatic heterocycles. The molecule has 0 radical (unpaired) electrons. The molecule has 0 bridgehead atoms. The fraction of sp³-hybridized carbons (Fsp3) is 0.118. The van der Waals surface area contributed by atoms with Gasteiger partial charge in [-0.2, -0.15) is 0 Å². The third-order valence-corrected chi connectivity index (χ3v) is 4.25. The maximum Gasteiger partial charge on any atom is 0.340 e. The highest BCUT2D eigenvalue weighted by atomic mass is 79.9. The minimum absolute atomic E-state index is 0.0766. The average molecular weight is 409 g/mol. The highest BCUT2D eigenvalue weighted by Gasteiger charge is 2.12. The lowest BCUT2D eigenvalue weighted by atomic mass is 10.1. The third kappa shape index (κ3) is 3.49. The second kappa shape index (κ2) is 6.75. The van der Waals surface area contributed by atoms with Gasteiger partial charge < -0.3 is 9.15 Å². The van der Waals surface area contributed by atoms with Crippen molar-refractivity contribution in [3.63, 3.8) is 0 Å². The molecule has 1 aromatic carbocycles. The van der Waals surface area contributed by atoms with Crippen molar-refractivity contribution in [2.75, 3.05) is 0 Å². The van der Waals surface area contributed by atoms with Gasteiger partial charge in [0, 0.05) is 38.9 Å². The maximum atomic E-state index is 12.1. The summed E-state index contributed by atoms with van der Waals surface area (Å²) in [6.45, 7) is 1.74. The summed E-state index contributed by atoms with van der Waals surface area (Å²) in [5.74, 6) is -0.539. The van der Waals surface area contributed by atoms with Crippen LogP contribution in [0.5, 0.6) is 0 Å². The molecule has 2 aromatic heterocycles. The molecule has 24 heavy (non-hydrogen) atoms. The summed E-state index contributed by atoms with van der Waals surface area (Å²) < 4.78 is 11.1. The fourth-order valence-electron chi connectivity index (χ4n) is 2.22. The Balaban J connectivity index is 1.91. The van der Waals surface area contributed by atoms with Gasteiger partial charge >= 0.3 is 11.6 Å². The fourth-order valence-corrected chi connectivity index (χ4v) is 2.75. The molecule has 0 spiro atoms. The molecule has 0 amide bonds. The van der Waals surface area contributed by atoms with Crippen molar-refractivity contribution in [1.29, 1.82) is 0 Å². The Kier molecular flexibility index (Phi) is 4.69. The van der Waals surface area contributed by atoms with E-state index in [0.29, 0.717) is 31.6 Å². The van der Waals surface area contributed by atoms with Gasteiger partial charge in [-0.1, -0.05) is 11.6 Å². The standard InChI is InChI=1S/C17H11BrClNO4/c1-9-2-15-13(5-14(9)19)11(4-16(21)24-15)8-23-17(22)10-3-12(18)7-20-6-10/h2-7H,8H2,1H3. The van der Waals surface area contributed by atoms with Crippen molar-refractivity contribution in [3.8, 4) is 0 Å². The van der Waals surface area contributed by atoms with Gasteiger partial charge in [0.05, 0.1) is 5.56 Å². The molecule has 5 nitrogen and oxygen atoms in total. The van der Waals surface area contributed by atoms with Gasteiger partial charge in [-0.15, -0.1) is 0 Å². The molecule has 0 saturated heterocycles. The number of benzene rings is 1. The zero-order valence-electron chi connectivity index (χ0n) is 12.5. The van der Waals surface area contributed by atoms with Crippen molar-refractivity contribution in [3.05, 3.63) is 73.3 Å². The van der Waals surface area contributed by atoms with Crippen molar-refractivity contribution in [2.45, 2.75) is 13.5 Å². The van der Waals surface area contributed by atoms with E-state index in [0.717, 1.165) is 5.56 Å². The lowest BCUT2D eigenvalue weighted by Crippen LogP contribution is -2.08. The number of nitrogens with zero attached hydrogens (tertiary/aromatic N) is 1. The minimum atomic E-state index is -0.539. The van der Waals surface area contributed by atoms with Gasteiger partial charge in [0.2, 0.25) is 0 Å². The summed E-state index contributed by atoms with van der Waals surface area (Å²) in [5.41, 5.74) is 1.52. The molecule has 0 atom stereocenters. The number of ether oxygens (including phenoxy) is 1. The third-order valence-electron chi connectivity index (χ3n) is 3.41. The first-order valence-corrected chi connectivity index (χ1v) is 8.11. The number of carbonyl (C=O) groups is 1. The van der Waals surface area contributed by atoms with Crippen LogP contribution in [-0.4, -0.2) is 11.0 Å². The molecular weight excluding hydrogens is 398 g/mol. The van der Waals surface area contributed by atoms with Gasteiger partial charge in [0.1, 0.15) is 12.2 Å². The van der Waals surface area contributed by atoms with E-state index in [1.807, 2.05) is 6.92 Å². The van der Waals surface area contributed by atoms with Crippen LogP contribution in [0, 0.1) is 6.92 Å². The first kappa shape index (κ1) is 16.7. The lowest BCUT2D eigenvalue weighted by Gasteiger charge is -2.08. The molecule has 2 heterocycles. The van der Waals surface area contributed by atoms with Crippen molar-refractivity contribution < 1.29 is 13.9 Å². The van der Waals surface area contributed by atoms with Gasteiger partial charge in [-0.05, 0) is 46.6 Å². The van der Waals surface area contributed by atoms with Gasteiger partial charge in [-0.3, -0.25) is 4.98 Å². The summed E-state index contributed by atoms with van der Waals surface area (Å²) in [6, 6.07) is 6.27. The maximum absolute atomic E-state index is 12.1. The molecule has 0 unspecified atom stereocenters. The van der Waals surface area contributed by atoms with Crippen LogP contribution in [0.1, 0.15) is 21.5 Å². The molecule has 0 saturated carbocycles. The topological polar surface area (TPSA) is 69.4 Å². The summed E-state index contributed by atoms with van der Waals surface area (Å²) in [6.07, 6.45) is 2.97. The largest absolute Gasteiger partial charge is 0.457 e. The Morgan fingerprint density at radius 2 is 2.08 bits per heavy atom. The normalized spacial score (nSPS) is 10.8. The predicted molar refractivity (Wildman–Crippen MR) is 93.3 cm³/mol. The Hall–Kier alpha value is -2.18. The van der Waals surface area contributed by atoms with Crippen LogP contribution in [0.4, 0.5) is 0 Å². The molecular formula is C17H11BrClNO4. The first-order valence-electron chi connectivity index (χ1n) is 6.94. The number of hydrogen-bond acceptors (Lipinski definition) is 5. The van der Waals surface area contributed by atoms with Crippen LogP contribution in [-0.2, 0) is 11.3 Å². The highest BCUT2D eigenvalue weighted by Crippen LogP contribution is 2.25. The number of hydrogen-bond donors (Lipinski definition) is 0. The zero-order valence-corrected chi connectivity index (χ0v) is 14.8. The Labute approximate surface area is 150 Å². The number of esters is 1. The van der Waals surface area contributed by atoms with Crippen molar-refractivity contribution in [2.24, 2.45) is 0 Å². The van der Waals surface area contributed by atoms with E-state index in [1.54, 1.807) is 24.4 Å². The average Bonchev–Trinajstić information content (AvgIpc) is 2.54. The van der Waals surface area contributed by atoms with Crippen LogP contribution in [0.2, 0.25) is 5.02 Å². The molecule has 0 N–H and O–H groups in total. The van der Waals surface area contributed by atoms with Crippen LogP contribution in [0.15, 0.2) is 50.3 Å². The molecule has 0 fully saturated rings. The minimum Gasteiger partial charge on any atom is -0.457 e. The predicted octanol–water partition coefficient (Wildman–Crippen LogP) is 4.27. The Morgan fingerprint density at radius 3 is 2.83 bits per heavy atom. The van der Waals surface area contributed by atoms with E-state index in [1.165, 1.54) is 12.3 Å². The monoisotopic (exact) mass is 407 g/mol. The number of fused-ring (bicyclic) bond motifs is 1. The summed E-state index contributed by atoms with van der Waals surface area (Å²) >= 11 is 9.38. The number of pyridine rings is 1. The summed E-state index contributed by atoms with van der Waals surface area (Å²) in [5, 5.41) is 1.17. The molecule has 0 aliphatic rings. The van der Waals surface area contributed by atoms with E-state index in [-0.39, 0.29) is 6.61 Å². The SMILES string of the molecule is Cc1cc2oc(=O)cc(COC(=O)c3cncc(Br)c3)c2cc1Cl. The smallest absolute Gasteiger partial charge is 0.340 e. The van der Waals surface area contributed by atoms with Gasteiger partial charge in [0.25, 0.3) is 0 Å². The second-order valence-electron chi connectivity index (χ2n) is 5.16. The van der Waals surface area contributed by atoms with Crippen molar-refractivity contribution >= 4 is 44.5 Å². The number of aryl methyl sites for hydroxylation is 1. The molecule has 3 aromatic rings. The van der Waals surface area contributed by atoms with Crippen LogP contribution >= 0.6 is 27.5 Å². The Morgan fingerprint density at radius 1 is 1.29 bits per heavy atom. The number of rotatable bonds is 3. The quantitative estimate of drug-likeness (QED) is 0.478. The van der Waals surface area contributed by atoms with E-state index >= 15 is 0 Å². The Bertz CT molecular complexity index is 1000. The second-order valence-corrected chi connectivity index (χ2v) is 6.48. The van der Waals surface area contributed by atoms with Crippen LogP contribution < -0.4 is 5.63 Å². The number of halogens is 2. The van der Waals surface area contributed by atoms with E-state index in [2.05, 4.69) is 20.9 Å². The highest BCUT2D eigenvalue weighted by molar-refractivity contribution is 9.10. The van der Waals surface area contributed by atoms with Gasteiger partial charge in [-0.25, -0.2) is 9.59 Å². The van der Waals surface area contributed by atoms with Crippen LogP contribution in [0.3, 0.4) is 0 Å². The number of carbonyl (C=O) groups excluding carboxylic acids is 1. The van der Waals surface area contributed by atoms with E-state index in [9.17, 15) is 9.59 Å². The molecule has 0 aliphatic carbocycles. The molecule has 3 rings (SSSR count). The number of aromatic nitrogens is 1. The van der Waals surface area contributed by atoms with E-state index < -0.39 is 11.6 Å². The zero-order chi connectivity index (χ0) is 17.3.